The zero-order valence-corrected chi connectivity index (χ0v) is 27.2. The van der Waals surface area contributed by atoms with Crippen LogP contribution in [0.15, 0.2) is 54.6 Å². The molecule has 1 fully saturated rings. The molecule has 17 heteroatoms. The summed E-state index contributed by atoms with van der Waals surface area (Å²) >= 11 is 0. The number of ether oxygens (including phenoxy) is 5. The Bertz CT molecular complexity index is 2100. The van der Waals surface area contributed by atoms with E-state index in [4.69, 9.17) is 23.7 Å². The molecule has 280 valence electrons. The van der Waals surface area contributed by atoms with Gasteiger partial charge in [-0.15, -0.1) is 0 Å². The second-order valence-corrected chi connectivity index (χ2v) is 13.4. The van der Waals surface area contributed by atoms with Gasteiger partial charge in [0.05, 0.1) is 18.6 Å². The molecule has 2 bridgehead atoms. The lowest BCUT2D eigenvalue weighted by molar-refractivity contribution is -0.345. The van der Waals surface area contributed by atoms with Gasteiger partial charge in [-0.3, -0.25) is 0 Å². The zero-order chi connectivity index (χ0) is 37.7. The van der Waals surface area contributed by atoms with Crippen LogP contribution in [0.3, 0.4) is 0 Å². The molecule has 0 amide bonds. The van der Waals surface area contributed by atoms with Gasteiger partial charge < -0.3 is 85.0 Å². The minimum Gasteiger partial charge on any atom is -0.508 e. The van der Waals surface area contributed by atoms with Crippen LogP contribution in [0.4, 0.5) is 0 Å². The fraction of sp³-hybridized carbons (Fsp3) is 0.333. The fourth-order valence-electron chi connectivity index (χ4n) is 7.56. The Morgan fingerprint density at radius 1 is 0.679 bits per heavy atom. The molecule has 8 rings (SSSR count). The van der Waals surface area contributed by atoms with E-state index >= 15 is 0 Å². The molecule has 0 saturated carbocycles. The van der Waals surface area contributed by atoms with E-state index in [9.17, 15) is 61.3 Å². The molecule has 17 nitrogen and oxygen atoms in total. The molecule has 4 aromatic carbocycles. The first kappa shape index (κ1) is 34.7. The Morgan fingerprint density at radius 3 is 2.04 bits per heavy atom. The smallest absolute Gasteiger partial charge is 0.305 e. The molecule has 10 unspecified atom stereocenters. The molecule has 4 aliphatic heterocycles. The summed E-state index contributed by atoms with van der Waals surface area (Å²) in [6.45, 7) is -0.800. The first-order chi connectivity index (χ1) is 25.2. The van der Waals surface area contributed by atoms with Gasteiger partial charge in [-0.1, -0.05) is 6.07 Å². The lowest BCUT2D eigenvalue weighted by Gasteiger charge is -2.53. The van der Waals surface area contributed by atoms with Gasteiger partial charge >= 0.3 is 5.79 Å². The molecule has 0 spiro atoms. The molecule has 4 aromatic rings. The highest BCUT2D eigenvalue weighted by molar-refractivity contribution is 5.68. The second kappa shape index (κ2) is 12.3. The first-order valence-corrected chi connectivity index (χ1v) is 16.4. The number of phenolic OH excluding ortho intramolecular Hbond substituents is 7. The van der Waals surface area contributed by atoms with Crippen molar-refractivity contribution < 1.29 is 85.0 Å². The van der Waals surface area contributed by atoms with E-state index in [0.29, 0.717) is 0 Å². The van der Waals surface area contributed by atoms with Gasteiger partial charge in [-0.2, -0.15) is 0 Å². The van der Waals surface area contributed by atoms with Crippen LogP contribution in [0, 0.1) is 0 Å². The van der Waals surface area contributed by atoms with Crippen molar-refractivity contribution in [1.29, 1.82) is 0 Å². The molecule has 0 radical (unpaired) electrons. The molecule has 0 aromatic heterocycles. The Labute approximate surface area is 298 Å². The van der Waals surface area contributed by atoms with Crippen molar-refractivity contribution in [3.63, 3.8) is 0 Å². The minimum atomic E-state index is -2.30. The molecular formula is C36H34O17. The van der Waals surface area contributed by atoms with Gasteiger partial charge in [0.2, 0.25) is 0 Å². The number of hydrogen-bond acceptors (Lipinski definition) is 17. The van der Waals surface area contributed by atoms with Crippen LogP contribution >= 0.6 is 0 Å². The fourth-order valence-corrected chi connectivity index (χ4v) is 7.56. The van der Waals surface area contributed by atoms with E-state index in [-0.39, 0.29) is 51.5 Å². The number of fused-ring (bicyclic) bond motifs is 8. The average molecular weight is 739 g/mol. The van der Waals surface area contributed by atoms with Crippen molar-refractivity contribution >= 4 is 0 Å². The number of aliphatic hydroxyl groups excluding tert-OH is 5. The van der Waals surface area contributed by atoms with Crippen LogP contribution in [0.1, 0.15) is 39.8 Å². The maximum absolute atomic E-state index is 11.5. The Morgan fingerprint density at radius 2 is 1.36 bits per heavy atom. The van der Waals surface area contributed by atoms with Crippen molar-refractivity contribution in [3.8, 4) is 57.5 Å². The van der Waals surface area contributed by atoms with Gasteiger partial charge in [-0.25, -0.2) is 0 Å². The highest BCUT2D eigenvalue weighted by Crippen LogP contribution is 2.63. The Kier molecular flexibility index (Phi) is 8.08. The van der Waals surface area contributed by atoms with Gasteiger partial charge in [0, 0.05) is 46.9 Å². The van der Waals surface area contributed by atoms with E-state index in [1.165, 1.54) is 30.3 Å². The second-order valence-electron chi connectivity index (χ2n) is 13.4. The molecule has 10 atom stereocenters. The van der Waals surface area contributed by atoms with Crippen molar-refractivity contribution in [2.75, 3.05) is 6.61 Å². The zero-order valence-electron chi connectivity index (χ0n) is 27.2. The summed E-state index contributed by atoms with van der Waals surface area (Å²) in [4.78, 5) is 0. The van der Waals surface area contributed by atoms with E-state index in [0.717, 1.165) is 24.3 Å². The normalized spacial score (nSPS) is 31.2. The number of aliphatic hydroxyl groups is 5. The summed E-state index contributed by atoms with van der Waals surface area (Å²) in [5, 5.41) is 128. The quantitative estimate of drug-likeness (QED) is 0.125. The number of hydrogen-bond donors (Lipinski definition) is 12. The summed E-state index contributed by atoms with van der Waals surface area (Å²) in [5.74, 6) is -7.45. The van der Waals surface area contributed by atoms with Crippen LogP contribution < -0.4 is 14.2 Å². The van der Waals surface area contributed by atoms with Crippen molar-refractivity contribution in [3.05, 3.63) is 82.4 Å². The average Bonchev–Trinajstić information content (AvgIpc) is 3.11. The van der Waals surface area contributed by atoms with Crippen molar-refractivity contribution in [2.45, 2.75) is 67.1 Å². The monoisotopic (exact) mass is 738 g/mol. The van der Waals surface area contributed by atoms with Crippen LogP contribution in [0.5, 0.6) is 57.5 Å². The molecule has 4 aliphatic rings. The van der Waals surface area contributed by atoms with E-state index in [2.05, 4.69) is 0 Å². The molecule has 53 heavy (non-hydrogen) atoms. The summed E-state index contributed by atoms with van der Waals surface area (Å²) in [7, 11) is 0. The predicted molar refractivity (Wildman–Crippen MR) is 174 cm³/mol. The molecule has 1 saturated heterocycles. The third kappa shape index (κ3) is 5.27. The first-order valence-electron chi connectivity index (χ1n) is 16.4. The molecule has 0 aliphatic carbocycles. The van der Waals surface area contributed by atoms with Gasteiger partial charge in [0.15, 0.2) is 35.4 Å². The number of rotatable bonds is 5. The largest absolute Gasteiger partial charge is 0.508 e. The summed E-state index contributed by atoms with van der Waals surface area (Å²) in [5.41, 5.74) is 0.318. The molecule has 12 N–H and O–H groups in total. The van der Waals surface area contributed by atoms with Gasteiger partial charge in [0.1, 0.15) is 65.0 Å². The maximum Gasteiger partial charge on any atom is 0.305 e. The summed E-state index contributed by atoms with van der Waals surface area (Å²) < 4.78 is 31.5. The number of aromatic hydroxyl groups is 7. The molecule has 4 heterocycles. The van der Waals surface area contributed by atoms with E-state index < -0.39 is 108 Å². The Balaban J connectivity index is 1.38. The third-order valence-electron chi connectivity index (χ3n) is 10.1. The topological polar surface area (TPSA) is 289 Å². The maximum atomic E-state index is 11.5. The lowest BCUT2D eigenvalue weighted by Crippen LogP contribution is -2.64. The van der Waals surface area contributed by atoms with Crippen LogP contribution in [0.25, 0.3) is 0 Å². The highest BCUT2D eigenvalue weighted by Gasteiger charge is 2.63. The van der Waals surface area contributed by atoms with Gasteiger partial charge in [0.25, 0.3) is 0 Å². The van der Waals surface area contributed by atoms with Crippen LogP contribution in [0.2, 0.25) is 0 Å². The SMILES string of the molecule is OCC1OC(OC2C3c4c(O)cc(O)cc4OC2(c2ccc(O)c(O)c2)Oc2cc(O)c4c(c23)OC(c2ccc(O)c(O)c2)C(O)C4)C(O)C(O)C1O. The van der Waals surface area contributed by atoms with Crippen LogP contribution in [-0.2, 0) is 21.7 Å². The van der Waals surface area contributed by atoms with E-state index in [1.807, 2.05) is 0 Å². The third-order valence-corrected chi connectivity index (χ3v) is 10.1. The Hall–Kier alpha value is -5.40. The van der Waals surface area contributed by atoms with Crippen molar-refractivity contribution in [1.82, 2.24) is 0 Å². The summed E-state index contributed by atoms with van der Waals surface area (Å²) in [6.07, 6.45) is -13.2. The standard InChI is InChI=1S/C36H34O17/c37-11-25-29(46)30(47)31(48)35(49-25)51-34-28-26-21(44)7-14(38)8-23(26)52-36(34,13-2-4-17(40)20(43)6-13)53-24-10-18(41)15-9-22(45)32(50-33(15)27(24)28)12-1-3-16(39)19(42)5-12/h1-8,10,22,25,28-32,34-35,37-48H,9,11H2. The van der Waals surface area contributed by atoms with Crippen LogP contribution in [-0.4, -0.2) is 111 Å². The number of benzene rings is 4. The molecular weight excluding hydrogens is 704 g/mol. The highest BCUT2D eigenvalue weighted by atomic mass is 16.8. The minimum absolute atomic E-state index is 0.0398. The predicted octanol–water partition coefficient (Wildman–Crippen LogP) is 0.618. The van der Waals surface area contributed by atoms with Gasteiger partial charge in [-0.05, 0) is 35.9 Å². The summed E-state index contributed by atoms with van der Waals surface area (Å²) in [6, 6.07) is 10.7. The lowest BCUT2D eigenvalue weighted by atomic mass is 9.74. The number of phenols is 7. The van der Waals surface area contributed by atoms with E-state index in [1.54, 1.807) is 0 Å². The van der Waals surface area contributed by atoms with Crippen molar-refractivity contribution in [2.24, 2.45) is 0 Å².